The summed E-state index contributed by atoms with van der Waals surface area (Å²) in [6.45, 7) is 5.57. The molecule has 0 radical (unpaired) electrons. The normalized spacial score (nSPS) is 15.7. The van der Waals surface area contributed by atoms with Gasteiger partial charge in [0.2, 0.25) is 10.0 Å². The van der Waals surface area contributed by atoms with Gasteiger partial charge in [-0.25, -0.2) is 13.4 Å². The highest BCUT2D eigenvalue weighted by Crippen LogP contribution is 2.33. The number of piperidine rings is 1. The zero-order chi connectivity index (χ0) is 27.2. The minimum Gasteiger partial charge on any atom is -0.341 e. The van der Waals surface area contributed by atoms with Crippen LogP contribution in [0.5, 0.6) is 0 Å². The van der Waals surface area contributed by atoms with Gasteiger partial charge in [0.1, 0.15) is 5.82 Å². The molecule has 1 aliphatic heterocycles. The molecule has 4 aromatic rings. The number of nitrogens with zero attached hydrogens (tertiary/aromatic N) is 3. The van der Waals surface area contributed by atoms with Crippen molar-refractivity contribution in [1.82, 2.24) is 19.2 Å². The first-order chi connectivity index (χ1) is 19.0. The molecule has 6 nitrogen and oxygen atoms in total. The van der Waals surface area contributed by atoms with Gasteiger partial charge < -0.3 is 4.98 Å². The molecular formula is C31H37ClN4O2S. The third kappa shape index (κ3) is 6.55. The molecule has 1 fully saturated rings. The van der Waals surface area contributed by atoms with E-state index in [1.807, 2.05) is 24.3 Å². The van der Waals surface area contributed by atoms with Gasteiger partial charge in [-0.15, -0.1) is 0 Å². The summed E-state index contributed by atoms with van der Waals surface area (Å²) in [4.78, 5) is 11.1. The summed E-state index contributed by atoms with van der Waals surface area (Å²) in [6, 6.07) is 22.3. The van der Waals surface area contributed by atoms with Gasteiger partial charge in [0.15, 0.2) is 0 Å². The van der Waals surface area contributed by atoms with E-state index in [0.29, 0.717) is 23.8 Å². The maximum atomic E-state index is 14.2. The molecule has 0 spiro atoms. The van der Waals surface area contributed by atoms with Gasteiger partial charge in [-0.1, -0.05) is 67.8 Å². The van der Waals surface area contributed by atoms with Crippen LogP contribution in [0.15, 0.2) is 77.7 Å². The summed E-state index contributed by atoms with van der Waals surface area (Å²) < 4.78 is 30.1. The first-order valence-electron chi connectivity index (χ1n) is 14.0. The van der Waals surface area contributed by atoms with Crippen molar-refractivity contribution in [3.63, 3.8) is 0 Å². The molecule has 1 unspecified atom stereocenters. The lowest BCUT2D eigenvalue weighted by Crippen LogP contribution is -2.37. The molecule has 5 rings (SSSR count). The fourth-order valence-electron chi connectivity index (χ4n) is 5.44. The molecule has 1 atom stereocenters. The van der Waals surface area contributed by atoms with E-state index >= 15 is 0 Å². The lowest BCUT2D eigenvalue weighted by atomic mass is 9.98. The number of sulfonamides is 1. The Labute approximate surface area is 237 Å². The molecule has 0 amide bonds. The van der Waals surface area contributed by atoms with Crippen LogP contribution in [0.3, 0.4) is 0 Å². The highest BCUT2D eigenvalue weighted by atomic mass is 35.5. The highest BCUT2D eigenvalue weighted by Gasteiger charge is 2.34. The Morgan fingerprint density at radius 1 is 0.949 bits per heavy atom. The van der Waals surface area contributed by atoms with E-state index in [1.54, 1.807) is 28.6 Å². The zero-order valence-electron chi connectivity index (χ0n) is 22.5. The second-order valence-electron chi connectivity index (χ2n) is 10.4. The molecule has 1 aliphatic rings. The quantitative estimate of drug-likeness (QED) is 0.213. The van der Waals surface area contributed by atoms with Gasteiger partial charge in [-0.05, 0) is 86.3 Å². The van der Waals surface area contributed by atoms with Crippen LogP contribution >= 0.6 is 11.6 Å². The minimum atomic E-state index is -3.83. The molecule has 0 aliphatic carbocycles. The van der Waals surface area contributed by atoms with Gasteiger partial charge in [0.05, 0.1) is 22.0 Å². The minimum absolute atomic E-state index is 0.241. The van der Waals surface area contributed by atoms with Crippen molar-refractivity contribution in [2.75, 3.05) is 19.6 Å². The number of benzene rings is 3. The number of H-pyrrole nitrogens is 1. The number of halogens is 1. The van der Waals surface area contributed by atoms with Crippen molar-refractivity contribution < 1.29 is 8.42 Å². The summed E-state index contributed by atoms with van der Waals surface area (Å²) >= 11 is 6.11. The average molecular weight is 565 g/mol. The molecule has 0 bridgehead atoms. The average Bonchev–Trinajstić information content (AvgIpc) is 3.38. The molecule has 8 heteroatoms. The van der Waals surface area contributed by atoms with Crippen LogP contribution in [0.25, 0.3) is 11.0 Å². The Balaban J connectivity index is 1.58. The third-order valence-electron chi connectivity index (χ3n) is 7.60. The number of likely N-dealkylation sites (tertiary alicyclic amines) is 1. The van der Waals surface area contributed by atoms with Crippen LogP contribution in [0.2, 0.25) is 5.02 Å². The van der Waals surface area contributed by atoms with Crippen molar-refractivity contribution in [1.29, 1.82) is 0 Å². The first-order valence-corrected chi connectivity index (χ1v) is 15.8. The van der Waals surface area contributed by atoms with Gasteiger partial charge in [0, 0.05) is 18.1 Å². The topological polar surface area (TPSA) is 69.3 Å². The van der Waals surface area contributed by atoms with Crippen LogP contribution < -0.4 is 0 Å². The fourth-order valence-corrected chi connectivity index (χ4v) is 7.20. The monoisotopic (exact) mass is 564 g/mol. The van der Waals surface area contributed by atoms with E-state index in [2.05, 4.69) is 41.1 Å². The summed E-state index contributed by atoms with van der Waals surface area (Å²) in [6.07, 6.45) is 5.91. The third-order valence-corrected chi connectivity index (χ3v) is 9.77. The molecule has 39 heavy (non-hydrogen) atoms. The molecule has 1 saturated heterocycles. The second-order valence-corrected chi connectivity index (χ2v) is 12.7. The van der Waals surface area contributed by atoms with E-state index in [0.717, 1.165) is 49.1 Å². The molecule has 3 aromatic carbocycles. The van der Waals surface area contributed by atoms with Gasteiger partial charge in [0.25, 0.3) is 0 Å². The number of hydrogen-bond donors (Lipinski definition) is 1. The number of hydrogen-bond acceptors (Lipinski definition) is 4. The Kier molecular flexibility index (Phi) is 9.03. The maximum Gasteiger partial charge on any atom is 0.243 e. The first kappa shape index (κ1) is 27.8. The summed E-state index contributed by atoms with van der Waals surface area (Å²) in [7, 11) is -3.83. The zero-order valence-corrected chi connectivity index (χ0v) is 24.1. The highest BCUT2D eigenvalue weighted by molar-refractivity contribution is 7.89. The summed E-state index contributed by atoms with van der Waals surface area (Å²) in [5.41, 5.74) is 4.14. The summed E-state index contributed by atoms with van der Waals surface area (Å²) in [5.74, 6) is 0.664. The van der Waals surface area contributed by atoms with E-state index in [4.69, 9.17) is 16.6 Å². The van der Waals surface area contributed by atoms with Gasteiger partial charge in [-0.3, -0.25) is 4.90 Å². The Hall–Kier alpha value is -2.71. The predicted molar refractivity (Wildman–Crippen MR) is 158 cm³/mol. The number of para-hydroxylation sites is 2. The molecule has 206 valence electrons. The van der Waals surface area contributed by atoms with Crippen molar-refractivity contribution in [3.05, 3.63) is 94.8 Å². The molecule has 1 N–H and O–H groups in total. The Morgan fingerprint density at radius 3 is 2.36 bits per heavy atom. The summed E-state index contributed by atoms with van der Waals surface area (Å²) in [5, 5.41) is 0.509. The number of fused-ring (bicyclic) bond motifs is 1. The van der Waals surface area contributed by atoms with Crippen LogP contribution in [-0.4, -0.2) is 47.2 Å². The predicted octanol–water partition coefficient (Wildman–Crippen LogP) is 6.98. The van der Waals surface area contributed by atoms with Crippen LogP contribution in [0.1, 0.15) is 62.0 Å². The van der Waals surface area contributed by atoms with Crippen LogP contribution in [-0.2, 0) is 23.0 Å². The fraction of sp³-hybridized carbons (Fsp3) is 0.387. The second kappa shape index (κ2) is 12.6. The largest absolute Gasteiger partial charge is 0.341 e. The van der Waals surface area contributed by atoms with Gasteiger partial charge in [-0.2, -0.15) is 4.31 Å². The SMILES string of the molecule is CCCCN(C(Cc1ccccc1CN1CCCCC1)c1nc2ccccc2[nH]1)S(=O)(=O)c1ccc(Cl)cc1. The standard InChI is InChI=1S/C31H37ClN4O2S/c1-2-3-21-36(39(37,38)27-17-15-26(32)16-18-27)30(31-33-28-13-7-8-14-29(28)34-31)22-24-11-5-6-12-25(24)23-35-19-9-4-10-20-35/h5-8,11-18,30H,2-4,9-10,19-23H2,1H3,(H,33,34). The Bertz CT molecular complexity index is 1450. The lowest BCUT2D eigenvalue weighted by Gasteiger charge is -2.31. The molecule has 2 heterocycles. The van der Waals surface area contributed by atoms with Crippen molar-refractivity contribution in [2.45, 2.75) is 62.9 Å². The number of rotatable bonds is 11. The van der Waals surface area contributed by atoms with Crippen molar-refractivity contribution >= 4 is 32.7 Å². The Morgan fingerprint density at radius 2 is 1.64 bits per heavy atom. The maximum absolute atomic E-state index is 14.2. The number of imidazole rings is 1. The smallest absolute Gasteiger partial charge is 0.243 e. The number of aromatic amines is 1. The van der Waals surface area contributed by atoms with E-state index < -0.39 is 16.1 Å². The number of unbranched alkanes of at least 4 members (excludes halogenated alkanes) is 1. The van der Waals surface area contributed by atoms with Gasteiger partial charge >= 0.3 is 0 Å². The molecular weight excluding hydrogens is 528 g/mol. The lowest BCUT2D eigenvalue weighted by molar-refractivity contribution is 0.219. The van der Waals surface area contributed by atoms with E-state index in [9.17, 15) is 8.42 Å². The van der Waals surface area contributed by atoms with Crippen molar-refractivity contribution in [2.24, 2.45) is 0 Å². The molecule has 0 saturated carbocycles. The number of nitrogens with one attached hydrogen (secondary N) is 1. The molecule has 1 aromatic heterocycles. The van der Waals surface area contributed by atoms with Crippen molar-refractivity contribution in [3.8, 4) is 0 Å². The number of aromatic nitrogens is 2. The van der Waals surface area contributed by atoms with Crippen LogP contribution in [0.4, 0.5) is 0 Å². The van der Waals surface area contributed by atoms with E-state index in [1.165, 1.54) is 24.8 Å². The van der Waals surface area contributed by atoms with Crippen LogP contribution in [0, 0.1) is 0 Å². The van der Waals surface area contributed by atoms with E-state index in [-0.39, 0.29) is 4.90 Å².